The number of hydrogen-bond acceptors (Lipinski definition) is 10. The van der Waals surface area contributed by atoms with Gasteiger partial charge in [-0.1, -0.05) is 30.2 Å². The van der Waals surface area contributed by atoms with Crippen molar-refractivity contribution in [3.8, 4) is 58.2 Å². The van der Waals surface area contributed by atoms with Gasteiger partial charge in [0.05, 0.1) is 5.56 Å². The van der Waals surface area contributed by atoms with Crippen LogP contribution in [0.25, 0.3) is 56.2 Å². The molecule has 2 saturated heterocycles. The van der Waals surface area contributed by atoms with Crippen LogP contribution in [0.15, 0.2) is 69.5 Å². The molecule has 278 valence electrons. The lowest BCUT2D eigenvalue weighted by Gasteiger charge is -2.43. The van der Waals surface area contributed by atoms with E-state index in [2.05, 4.69) is 12.0 Å². The predicted molar refractivity (Wildman–Crippen MR) is 199 cm³/mol. The molecule has 0 radical (unpaired) electrons. The standard InChI is InChI=1S/C42H35F2N5O6/c1-4-42(52)21-48(22-42)19-25-14-26(18-45)37-33(15-25)47-39(55-37)31-11-6-9-29(24(31)3)28-8-5-10-30(23(28)2)38-46-32-16-27(20-49-13-7-12-34(49)40(50)51)35(54-41(43)44)17-36(32)53-38/h1,5-6,8-11,14-17,34,41,52H,7,12-13,19-22H2,2-3H3,(H,50,51)/t34-/m0/s1. The van der Waals surface area contributed by atoms with Gasteiger partial charge in [-0.3, -0.25) is 14.6 Å². The van der Waals surface area contributed by atoms with Crippen molar-refractivity contribution in [2.45, 2.75) is 58.0 Å². The van der Waals surface area contributed by atoms with E-state index in [1.807, 2.05) is 61.2 Å². The van der Waals surface area contributed by atoms with Gasteiger partial charge >= 0.3 is 12.6 Å². The van der Waals surface area contributed by atoms with Gasteiger partial charge in [0.25, 0.3) is 0 Å². The van der Waals surface area contributed by atoms with Gasteiger partial charge in [-0.2, -0.15) is 14.0 Å². The summed E-state index contributed by atoms with van der Waals surface area (Å²) < 4.78 is 44.2. The normalized spacial score (nSPS) is 17.1. The number of oxazole rings is 2. The highest BCUT2D eigenvalue weighted by molar-refractivity contribution is 5.86. The molecular weight excluding hydrogens is 708 g/mol. The number of rotatable bonds is 10. The van der Waals surface area contributed by atoms with Crippen molar-refractivity contribution < 1.29 is 37.4 Å². The second kappa shape index (κ2) is 13.9. The molecule has 2 aliphatic heterocycles. The number of alkyl halides is 2. The van der Waals surface area contributed by atoms with Crippen LogP contribution in [0.4, 0.5) is 8.78 Å². The maximum atomic E-state index is 13.5. The number of hydrogen-bond donors (Lipinski definition) is 2. The molecule has 11 nitrogen and oxygen atoms in total. The second-order valence-corrected chi connectivity index (χ2v) is 14.2. The summed E-state index contributed by atoms with van der Waals surface area (Å²) in [5.74, 6) is 2.02. The van der Waals surface area contributed by atoms with Gasteiger partial charge in [-0.15, -0.1) is 6.42 Å². The highest BCUT2D eigenvalue weighted by Crippen LogP contribution is 2.39. The second-order valence-electron chi connectivity index (χ2n) is 14.2. The van der Waals surface area contributed by atoms with Crippen LogP contribution in [0.2, 0.25) is 0 Å². The molecule has 0 saturated carbocycles. The number of β-amino-alcohol motifs (C(OH)–C–C–N with tert-alkyl or cyclic N) is 1. The molecule has 55 heavy (non-hydrogen) atoms. The van der Waals surface area contributed by atoms with Crippen molar-refractivity contribution in [1.29, 1.82) is 5.26 Å². The van der Waals surface area contributed by atoms with Gasteiger partial charge in [0.2, 0.25) is 11.8 Å². The Bertz CT molecular complexity index is 2580. The van der Waals surface area contributed by atoms with Crippen LogP contribution in [0.5, 0.6) is 5.75 Å². The number of fused-ring (bicyclic) bond motifs is 2. The largest absolute Gasteiger partial charge is 0.480 e. The van der Waals surface area contributed by atoms with E-state index >= 15 is 0 Å². The first-order valence-electron chi connectivity index (χ1n) is 17.7. The first-order chi connectivity index (χ1) is 26.4. The monoisotopic (exact) mass is 743 g/mol. The Morgan fingerprint density at radius 3 is 2.29 bits per heavy atom. The quantitative estimate of drug-likeness (QED) is 0.136. The van der Waals surface area contributed by atoms with E-state index in [1.54, 1.807) is 17.0 Å². The fourth-order valence-corrected chi connectivity index (χ4v) is 7.81. The molecular formula is C42H35F2N5O6. The summed E-state index contributed by atoms with van der Waals surface area (Å²) >= 11 is 0. The molecule has 4 heterocycles. The fourth-order valence-electron chi connectivity index (χ4n) is 7.81. The van der Waals surface area contributed by atoms with E-state index in [0.29, 0.717) is 78.2 Å². The molecule has 13 heteroatoms. The lowest BCUT2D eigenvalue weighted by atomic mass is 9.91. The average Bonchev–Trinajstić information content (AvgIpc) is 3.89. The van der Waals surface area contributed by atoms with Crippen LogP contribution in [0, 0.1) is 37.5 Å². The molecule has 0 bridgehead atoms. The molecule has 2 N–H and O–H groups in total. The fraction of sp³-hybridized carbons (Fsp3) is 0.286. The Hall–Kier alpha value is -6.12. The number of carboxylic acids is 1. The van der Waals surface area contributed by atoms with E-state index in [1.165, 1.54) is 6.07 Å². The van der Waals surface area contributed by atoms with Crippen LogP contribution in [-0.4, -0.2) is 73.8 Å². The molecule has 0 amide bonds. The van der Waals surface area contributed by atoms with E-state index < -0.39 is 24.2 Å². The van der Waals surface area contributed by atoms with Crippen LogP contribution < -0.4 is 4.74 Å². The number of aromatic nitrogens is 2. The predicted octanol–water partition coefficient (Wildman–Crippen LogP) is 7.29. The zero-order valence-electron chi connectivity index (χ0n) is 30.0. The van der Waals surface area contributed by atoms with Crippen LogP contribution in [0.3, 0.4) is 0 Å². The smallest absolute Gasteiger partial charge is 0.387 e. The van der Waals surface area contributed by atoms with E-state index in [0.717, 1.165) is 33.4 Å². The van der Waals surface area contributed by atoms with Crippen molar-refractivity contribution in [1.82, 2.24) is 19.8 Å². The van der Waals surface area contributed by atoms with Crippen molar-refractivity contribution in [2.75, 3.05) is 19.6 Å². The SMILES string of the molecule is C#CC1(O)CN(Cc2cc(C#N)c3oc(-c4cccc(-c5cccc(-c6nc7cc(CN8CCC[C@H]8C(=O)O)c(OC(F)F)cc7o6)c5C)c4C)nc3c2)C1. The minimum absolute atomic E-state index is 0.0922. The maximum absolute atomic E-state index is 13.5. The van der Waals surface area contributed by atoms with Gasteiger partial charge in [0, 0.05) is 48.9 Å². The molecule has 1 atom stereocenters. The topological polar surface area (TPSA) is 149 Å². The molecule has 2 aliphatic rings. The lowest BCUT2D eigenvalue weighted by Crippen LogP contribution is -2.60. The van der Waals surface area contributed by atoms with Crippen molar-refractivity contribution in [3.63, 3.8) is 0 Å². The van der Waals surface area contributed by atoms with E-state index in [4.69, 9.17) is 30.0 Å². The van der Waals surface area contributed by atoms with Crippen LogP contribution >= 0.6 is 0 Å². The van der Waals surface area contributed by atoms with Gasteiger partial charge in [0.1, 0.15) is 34.5 Å². The number of nitriles is 1. The van der Waals surface area contributed by atoms with Crippen molar-refractivity contribution >= 4 is 28.2 Å². The lowest BCUT2D eigenvalue weighted by molar-refractivity contribution is -0.142. The molecule has 8 rings (SSSR count). The Labute approximate surface area is 314 Å². The van der Waals surface area contributed by atoms with Crippen LogP contribution in [0.1, 0.15) is 40.7 Å². The van der Waals surface area contributed by atoms with Crippen molar-refractivity contribution in [3.05, 3.63) is 88.5 Å². The first-order valence-corrected chi connectivity index (χ1v) is 17.7. The number of benzene rings is 4. The average molecular weight is 744 g/mol. The molecule has 2 fully saturated rings. The molecule has 2 aromatic heterocycles. The zero-order valence-corrected chi connectivity index (χ0v) is 30.0. The minimum Gasteiger partial charge on any atom is -0.480 e. The minimum atomic E-state index is -3.08. The maximum Gasteiger partial charge on any atom is 0.387 e. The number of ether oxygens (including phenoxy) is 1. The van der Waals surface area contributed by atoms with Gasteiger partial charge in [-0.05, 0) is 91.4 Å². The van der Waals surface area contributed by atoms with Gasteiger partial charge < -0.3 is 23.8 Å². The Balaban J connectivity index is 1.12. The number of nitrogens with zero attached hydrogens (tertiary/aromatic N) is 5. The van der Waals surface area contributed by atoms with Crippen LogP contribution in [-0.2, 0) is 17.9 Å². The molecule has 0 aliphatic carbocycles. The number of halogens is 2. The van der Waals surface area contributed by atoms with E-state index in [9.17, 15) is 29.1 Å². The third-order valence-electron chi connectivity index (χ3n) is 10.5. The molecule has 0 spiro atoms. The molecule has 4 aromatic carbocycles. The third kappa shape index (κ3) is 6.67. The zero-order chi connectivity index (χ0) is 38.6. The summed E-state index contributed by atoms with van der Waals surface area (Å²) in [6.07, 6.45) is 6.60. The molecule has 6 aromatic rings. The highest BCUT2D eigenvalue weighted by atomic mass is 19.3. The summed E-state index contributed by atoms with van der Waals surface area (Å²) in [7, 11) is 0. The third-order valence-corrected chi connectivity index (χ3v) is 10.5. The summed E-state index contributed by atoms with van der Waals surface area (Å²) in [4.78, 5) is 25.1. The summed E-state index contributed by atoms with van der Waals surface area (Å²) in [5, 5.41) is 29.8. The van der Waals surface area contributed by atoms with Crippen molar-refractivity contribution in [2.24, 2.45) is 0 Å². The highest BCUT2D eigenvalue weighted by Gasteiger charge is 2.39. The number of carboxylic acid groups (broad SMARTS) is 1. The number of aliphatic hydroxyl groups is 1. The number of carbonyl (C=O) groups is 1. The Kier molecular flexibility index (Phi) is 9.10. The van der Waals surface area contributed by atoms with E-state index in [-0.39, 0.29) is 23.8 Å². The van der Waals surface area contributed by atoms with Gasteiger partial charge in [0.15, 0.2) is 11.2 Å². The number of likely N-dealkylation sites (tertiary alicyclic amines) is 2. The summed E-state index contributed by atoms with van der Waals surface area (Å²) in [6, 6.07) is 19.7. The van der Waals surface area contributed by atoms with Gasteiger partial charge in [-0.25, -0.2) is 9.97 Å². The molecule has 0 unspecified atom stereocenters. The number of aliphatic carboxylic acids is 1. The Morgan fingerprint density at radius 2 is 1.65 bits per heavy atom. The summed E-state index contributed by atoms with van der Waals surface area (Å²) in [5.41, 5.74) is 7.07. The summed E-state index contributed by atoms with van der Waals surface area (Å²) in [6.45, 7) is 2.66. The number of terminal acetylenes is 1. The Morgan fingerprint density at radius 1 is 1.00 bits per heavy atom. The first kappa shape index (κ1) is 35.9.